The number of aromatic carboxylic acids is 1. The monoisotopic (exact) mass is 193 g/mol. The van der Waals surface area contributed by atoms with E-state index in [1.165, 1.54) is 17.5 Å². The van der Waals surface area contributed by atoms with Gasteiger partial charge in [0.1, 0.15) is 0 Å². The molecule has 13 heavy (non-hydrogen) atoms. The number of carboxylic acid groups (broad SMARTS) is 1. The van der Waals surface area contributed by atoms with Crippen LogP contribution >= 0.6 is 11.3 Å². The third kappa shape index (κ3) is 1.36. The number of carbonyl (C=O) groups is 1. The van der Waals surface area contributed by atoms with Crippen LogP contribution in [0.5, 0.6) is 0 Å². The second-order valence-corrected chi connectivity index (χ2v) is 3.51. The van der Waals surface area contributed by atoms with Gasteiger partial charge in [0, 0.05) is 22.8 Å². The van der Waals surface area contributed by atoms with E-state index in [1.807, 2.05) is 17.5 Å². The van der Waals surface area contributed by atoms with E-state index >= 15 is 0 Å². The summed E-state index contributed by atoms with van der Waals surface area (Å²) in [7, 11) is 0. The normalized spacial score (nSPS) is 10.2. The molecule has 66 valence electrons. The first-order chi connectivity index (χ1) is 6.29. The maximum Gasteiger partial charge on any atom is 0.337 e. The highest BCUT2D eigenvalue weighted by molar-refractivity contribution is 7.13. The fraction of sp³-hybridized carbons (Fsp3) is 0. The number of hydrogen-bond donors (Lipinski definition) is 2. The van der Waals surface area contributed by atoms with E-state index in [0.717, 1.165) is 10.4 Å². The highest BCUT2D eigenvalue weighted by Gasteiger charge is 2.12. The van der Waals surface area contributed by atoms with Gasteiger partial charge in [-0.15, -0.1) is 11.3 Å². The summed E-state index contributed by atoms with van der Waals surface area (Å²) >= 11 is 1.53. The molecule has 0 amide bonds. The van der Waals surface area contributed by atoms with E-state index in [1.54, 1.807) is 6.20 Å². The minimum absolute atomic E-state index is 0.322. The lowest BCUT2D eigenvalue weighted by atomic mass is 10.2. The highest BCUT2D eigenvalue weighted by atomic mass is 32.1. The molecule has 0 saturated heterocycles. The van der Waals surface area contributed by atoms with Crippen LogP contribution in [0.15, 0.2) is 29.9 Å². The summed E-state index contributed by atoms with van der Waals surface area (Å²) in [5.74, 6) is -0.898. The van der Waals surface area contributed by atoms with Gasteiger partial charge in [-0.3, -0.25) is 0 Å². The maximum atomic E-state index is 10.8. The number of H-pyrrole nitrogens is 1. The summed E-state index contributed by atoms with van der Waals surface area (Å²) in [5.41, 5.74) is 1.07. The molecular weight excluding hydrogens is 186 g/mol. The zero-order valence-corrected chi connectivity index (χ0v) is 7.47. The van der Waals surface area contributed by atoms with Crippen molar-refractivity contribution in [2.75, 3.05) is 0 Å². The SMILES string of the molecule is O=C(O)c1c[nH]cc1-c1cccs1. The van der Waals surface area contributed by atoms with Crippen LogP contribution in [0, 0.1) is 0 Å². The lowest BCUT2D eigenvalue weighted by molar-refractivity contribution is 0.0698. The maximum absolute atomic E-state index is 10.8. The molecule has 0 fully saturated rings. The molecule has 2 heterocycles. The van der Waals surface area contributed by atoms with Gasteiger partial charge < -0.3 is 10.1 Å². The third-order valence-electron chi connectivity index (χ3n) is 1.76. The molecule has 3 nitrogen and oxygen atoms in total. The molecule has 0 aliphatic heterocycles. The predicted octanol–water partition coefficient (Wildman–Crippen LogP) is 2.44. The molecule has 0 radical (unpaired) electrons. The second kappa shape index (κ2) is 3.06. The van der Waals surface area contributed by atoms with Gasteiger partial charge in [-0.05, 0) is 11.4 Å². The minimum atomic E-state index is -0.898. The van der Waals surface area contributed by atoms with Crippen molar-refractivity contribution in [2.45, 2.75) is 0 Å². The predicted molar refractivity (Wildman–Crippen MR) is 51.1 cm³/mol. The molecule has 0 unspecified atom stereocenters. The highest BCUT2D eigenvalue weighted by Crippen LogP contribution is 2.27. The fourth-order valence-electron chi connectivity index (χ4n) is 1.18. The van der Waals surface area contributed by atoms with Gasteiger partial charge in [-0.2, -0.15) is 0 Å². The standard InChI is InChI=1S/C9H7NO2S/c11-9(12)7-5-10-4-6(7)8-2-1-3-13-8/h1-5,10H,(H,11,12). The molecular formula is C9H7NO2S. The average Bonchev–Trinajstić information content (AvgIpc) is 2.74. The molecule has 0 spiro atoms. The van der Waals surface area contributed by atoms with Crippen LogP contribution < -0.4 is 0 Å². The molecule has 0 aromatic carbocycles. The second-order valence-electron chi connectivity index (χ2n) is 2.57. The van der Waals surface area contributed by atoms with Crippen molar-refractivity contribution in [2.24, 2.45) is 0 Å². The molecule has 4 heteroatoms. The summed E-state index contributed by atoms with van der Waals surface area (Å²) in [5, 5.41) is 10.8. The summed E-state index contributed by atoms with van der Waals surface area (Å²) in [6.07, 6.45) is 3.20. The topological polar surface area (TPSA) is 53.1 Å². The van der Waals surface area contributed by atoms with Gasteiger partial charge in [-0.1, -0.05) is 6.07 Å². The van der Waals surface area contributed by atoms with E-state index in [0.29, 0.717) is 5.56 Å². The van der Waals surface area contributed by atoms with Crippen molar-refractivity contribution in [1.29, 1.82) is 0 Å². The van der Waals surface area contributed by atoms with Crippen LogP contribution in [0.4, 0.5) is 0 Å². The molecule has 2 aromatic rings. The zero-order valence-electron chi connectivity index (χ0n) is 6.65. The summed E-state index contributed by atoms with van der Waals surface area (Å²) in [4.78, 5) is 14.5. The zero-order chi connectivity index (χ0) is 9.26. The number of nitrogens with one attached hydrogen (secondary N) is 1. The average molecular weight is 193 g/mol. The number of aromatic amines is 1. The molecule has 2 rings (SSSR count). The first-order valence-electron chi connectivity index (χ1n) is 3.73. The van der Waals surface area contributed by atoms with Crippen molar-refractivity contribution in [3.8, 4) is 10.4 Å². The quantitative estimate of drug-likeness (QED) is 0.769. The lowest BCUT2D eigenvalue weighted by Gasteiger charge is -1.93. The van der Waals surface area contributed by atoms with Crippen LogP contribution in [0.25, 0.3) is 10.4 Å². The van der Waals surface area contributed by atoms with E-state index in [9.17, 15) is 4.79 Å². The molecule has 2 aromatic heterocycles. The Bertz CT molecular complexity index is 417. The minimum Gasteiger partial charge on any atom is -0.478 e. The molecule has 0 aliphatic rings. The number of thiophene rings is 1. The van der Waals surface area contributed by atoms with Gasteiger partial charge in [0.25, 0.3) is 0 Å². The largest absolute Gasteiger partial charge is 0.478 e. The fourth-order valence-corrected chi connectivity index (χ4v) is 1.93. The number of hydrogen-bond acceptors (Lipinski definition) is 2. The lowest BCUT2D eigenvalue weighted by Crippen LogP contribution is -1.94. The van der Waals surface area contributed by atoms with Crippen LogP contribution in [-0.4, -0.2) is 16.1 Å². The molecule has 2 N–H and O–H groups in total. The van der Waals surface area contributed by atoms with Gasteiger partial charge in [0.2, 0.25) is 0 Å². The van der Waals surface area contributed by atoms with Crippen LogP contribution in [-0.2, 0) is 0 Å². The Balaban J connectivity index is 2.52. The van der Waals surface area contributed by atoms with Crippen molar-refractivity contribution in [3.63, 3.8) is 0 Å². The summed E-state index contributed by atoms with van der Waals surface area (Å²) in [6, 6.07) is 3.80. The van der Waals surface area contributed by atoms with Crippen molar-refractivity contribution >= 4 is 17.3 Å². The summed E-state index contributed by atoms with van der Waals surface area (Å²) in [6.45, 7) is 0. The Morgan fingerprint density at radius 1 is 1.46 bits per heavy atom. The van der Waals surface area contributed by atoms with Crippen LogP contribution in [0.2, 0.25) is 0 Å². The smallest absolute Gasteiger partial charge is 0.337 e. The molecule has 0 saturated carbocycles. The first kappa shape index (κ1) is 8.07. The van der Waals surface area contributed by atoms with E-state index in [2.05, 4.69) is 4.98 Å². The van der Waals surface area contributed by atoms with Gasteiger partial charge in [0.05, 0.1) is 5.56 Å². The Labute approximate surface area is 78.7 Å². The third-order valence-corrected chi connectivity index (χ3v) is 2.67. The molecule has 0 bridgehead atoms. The first-order valence-corrected chi connectivity index (χ1v) is 4.61. The molecule has 0 aliphatic carbocycles. The Kier molecular flexibility index (Phi) is 1.90. The number of aromatic nitrogens is 1. The Morgan fingerprint density at radius 2 is 2.31 bits per heavy atom. The van der Waals surface area contributed by atoms with Crippen molar-refractivity contribution in [3.05, 3.63) is 35.5 Å². The van der Waals surface area contributed by atoms with Gasteiger partial charge in [0.15, 0.2) is 0 Å². The van der Waals surface area contributed by atoms with Crippen molar-refractivity contribution < 1.29 is 9.90 Å². The number of carboxylic acids is 1. The Hall–Kier alpha value is -1.55. The molecule has 0 atom stereocenters. The van der Waals surface area contributed by atoms with Gasteiger partial charge in [-0.25, -0.2) is 4.79 Å². The van der Waals surface area contributed by atoms with E-state index < -0.39 is 5.97 Å². The van der Waals surface area contributed by atoms with Crippen LogP contribution in [0.3, 0.4) is 0 Å². The van der Waals surface area contributed by atoms with Crippen molar-refractivity contribution in [1.82, 2.24) is 4.98 Å². The van der Waals surface area contributed by atoms with E-state index in [-0.39, 0.29) is 0 Å². The summed E-state index contributed by atoms with van der Waals surface area (Å²) < 4.78 is 0. The van der Waals surface area contributed by atoms with Crippen LogP contribution in [0.1, 0.15) is 10.4 Å². The number of rotatable bonds is 2. The van der Waals surface area contributed by atoms with E-state index in [4.69, 9.17) is 5.11 Å². The van der Waals surface area contributed by atoms with Gasteiger partial charge >= 0.3 is 5.97 Å². The Morgan fingerprint density at radius 3 is 2.92 bits per heavy atom.